The van der Waals surface area contributed by atoms with Gasteiger partial charge in [-0.3, -0.25) is 4.79 Å². The standard InChI is InChI=1S/C33H35ClF3N7O2/c1-41-13-4-7-23(41)20-46-33-39-27-19-42(28-9-3-6-21-5-2-8-25(34)30(21)28)14-11-24(27)31(40-33)43-15-16-44(22(18-43)10-12-38)32(45)26(35)17-29(36)37/h2-3,5-6,8-9,17,22-23,29H,4,7,10-11,13-16,18-20H2,1H3/b26-17+. The van der Waals surface area contributed by atoms with Crippen LogP contribution in [0.1, 0.15) is 30.5 Å². The van der Waals surface area contributed by atoms with Crippen LogP contribution in [0.15, 0.2) is 48.3 Å². The van der Waals surface area contributed by atoms with Gasteiger partial charge in [-0.15, -0.1) is 0 Å². The smallest absolute Gasteiger partial charge is 0.318 e. The third-order valence-electron chi connectivity index (χ3n) is 9.12. The van der Waals surface area contributed by atoms with Gasteiger partial charge >= 0.3 is 6.01 Å². The molecule has 0 N–H and O–H groups in total. The van der Waals surface area contributed by atoms with E-state index in [-0.39, 0.29) is 44.2 Å². The molecule has 9 nitrogen and oxygen atoms in total. The zero-order valence-corrected chi connectivity index (χ0v) is 26.3. The van der Waals surface area contributed by atoms with Crippen LogP contribution in [0.5, 0.6) is 6.01 Å². The molecule has 2 unspecified atom stereocenters. The van der Waals surface area contributed by atoms with E-state index in [1.807, 2.05) is 35.2 Å². The summed E-state index contributed by atoms with van der Waals surface area (Å²) in [5.41, 5.74) is 2.74. The lowest BCUT2D eigenvalue weighted by molar-refractivity contribution is -0.131. The van der Waals surface area contributed by atoms with Gasteiger partial charge in [-0.05, 0) is 50.4 Å². The molecule has 1 amide bonds. The van der Waals surface area contributed by atoms with Gasteiger partial charge in [0.1, 0.15) is 12.4 Å². The normalized spacial score (nSPS) is 20.7. The van der Waals surface area contributed by atoms with Crippen molar-refractivity contribution in [2.75, 3.05) is 56.2 Å². The van der Waals surface area contributed by atoms with Crippen LogP contribution < -0.4 is 14.5 Å². The second-order valence-corrected chi connectivity index (χ2v) is 12.3. The van der Waals surface area contributed by atoms with Crippen LogP contribution in [-0.2, 0) is 17.8 Å². The summed E-state index contributed by atoms with van der Waals surface area (Å²) in [6, 6.07) is 13.8. The fraction of sp³-hybridized carbons (Fsp3) is 0.455. The Kier molecular flexibility index (Phi) is 9.52. The first kappa shape index (κ1) is 31.9. The molecule has 2 fully saturated rings. The van der Waals surface area contributed by atoms with Gasteiger partial charge in [-0.25, -0.2) is 13.2 Å². The Balaban J connectivity index is 1.32. The molecular weight excluding hydrogens is 619 g/mol. The number of nitrogens with zero attached hydrogens (tertiary/aromatic N) is 7. The molecule has 0 radical (unpaired) electrons. The van der Waals surface area contributed by atoms with Crippen molar-refractivity contribution >= 4 is 39.8 Å². The maximum atomic E-state index is 14.3. The second-order valence-electron chi connectivity index (χ2n) is 11.9. The minimum absolute atomic E-state index is 0.000784. The molecule has 2 saturated heterocycles. The summed E-state index contributed by atoms with van der Waals surface area (Å²) in [6.07, 6.45) is -0.458. The molecule has 0 bridgehead atoms. The van der Waals surface area contributed by atoms with Crippen LogP contribution in [0.25, 0.3) is 10.8 Å². The number of alkyl halides is 2. The van der Waals surface area contributed by atoms with Gasteiger partial charge in [-0.1, -0.05) is 35.9 Å². The number of hydrogen-bond donors (Lipinski definition) is 0. The number of likely N-dealkylation sites (tertiary alicyclic amines) is 1. The number of rotatable bonds is 8. The lowest BCUT2D eigenvalue weighted by Crippen LogP contribution is -2.56. The maximum Gasteiger partial charge on any atom is 0.318 e. The highest BCUT2D eigenvalue weighted by Gasteiger charge is 2.35. The van der Waals surface area contributed by atoms with Crippen LogP contribution in [0.4, 0.5) is 24.7 Å². The number of aromatic nitrogens is 2. The van der Waals surface area contributed by atoms with E-state index in [0.29, 0.717) is 37.0 Å². The topological polar surface area (TPSA) is 88.8 Å². The number of benzene rings is 2. The fourth-order valence-electron chi connectivity index (χ4n) is 6.73. The second kappa shape index (κ2) is 13.7. The molecular formula is C33H35ClF3N7O2. The number of carbonyl (C=O) groups is 1. The van der Waals surface area contributed by atoms with Gasteiger partial charge in [0, 0.05) is 54.9 Å². The van der Waals surface area contributed by atoms with E-state index in [0.717, 1.165) is 47.1 Å². The zero-order chi connectivity index (χ0) is 32.4. The molecule has 13 heteroatoms. The first-order chi connectivity index (χ1) is 22.2. The van der Waals surface area contributed by atoms with Gasteiger partial charge in [-0.2, -0.15) is 15.2 Å². The number of hydrogen-bond acceptors (Lipinski definition) is 8. The summed E-state index contributed by atoms with van der Waals surface area (Å²) in [5, 5.41) is 12.2. The molecule has 1 aromatic heterocycles. The van der Waals surface area contributed by atoms with Crippen molar-refractivity contribution in [3.05, 3.63) is 64.6 Å². The van der Waals surface area contributed by atoms with Crippen molar-refractivity contribution in [2.24, 2.45) is 0 Å². The first-order valence-electron chi connectivity index (χ1n) is 15.5. The quantitative estimate of drug-likeness (QED) is 0.300. The van der Waals surface area contributed by atoms with Crippen molar-refractivity contribution in [1.82, 2.24) is 19.8 Å². The van der Waals surface area contributed by atoms with Crippen molar-refractivity contribution in [3.8, 4) is 12.1 Å². The van der Waals surface area contributed by atoms with Crippen molar-refractivity contribution in [1.29, 1.82) is 5.26 Å². The Bertz CT molecular complexity index is 1680. The lowest BCUT2D eigenvalue weighted by atomic mass is 10.0. The van der Waals surface area contributed by atoms with Crippen LogP contribution in [0, 0.1) is 11.3 Å². The summed E-state index contributed by atoms with van der Waals surface area (Å²) >= 11 is 6.67. The molecule has 2 atom stereocenters. The summed E-state index contributed by atoms with van der Waals surface area (Å²) in [7, 11) is 2.07. The first-order valence-corrected chi connectivity index (χ1v) is 15.8. The highest BCUT2D eigenvalue weighted by Crippen LogP contribution is 2.37. The van der Waals surface area contributed by atoms with Crippen LogP contribution in [0.3, 0.4) is 0 Å². The minimum Gasteiger partial charge on any atom is -0.462 e. The zero-order valence-electron chi connectivity index (χ0n) is 25.5. The molecule has 0 aliphatic carbocycles. The van der Waals surface area contributed by atoms with Crippen molar-refractivity contribution in [2.45, 2.75) is 50.7 Å². The number of fused-ring (bicyclic) bond motifs is 2. The molecule has 0 spiro atoms. The Morgan fingerprint density at radius 1 is 1.13 bits per heavy atom. The third-order valence-corrected chi connectivity index (χ3v) is 9.43. The molecule has 4 heterocycles. The summed E-state index contributed by atoms with van der Waals surface area (Å²) in [4.78, 5) is 30.1. The molecule has 242 valence electrons. The number of ether oxygens (including phenoxy) is 1. The van der Waals surface area contributed by atoms with Crippen molar-refractivity contribution in [3.63, 3.8) is 0 Å². The van der Waals surface area contributed by atoms with E-state index in [9.17, 15) is 23.2 Å². The number of piperazine rings is 1. The summed E-state index contributed by atoms with van der Waals surface area (Å²) in [5.74, 6) is -2.01. The Morgan fingerprint density at radius 2 is 1.93 bits per heavy atom. The summed E-state index contributed by atoms with van der Waals surface area (Å²) in [6.45, 7) is 3.08. The van der Waals surface area contributed by atoms with E-state index in [2.05, 4.69) is 29.0 Å². The molecule has 3 aromatic rings. The van der Waals surface area contributed by atoms with Gasteiger partial charge in [0.15, 0.2) is 5.83 Å². The third kappa shape index (κ3) is 6.57. The number of carbonyl (C=O) groups excluding carboxylic acids is 1. The van der Waals surface area contributed by atoms with E-state index in [1.54, 1.807) is 0 Å². The number of anilines is 2. The number of nitriles is 1. The predicted molar refractivity (Wildman–Crippen MR) is 170 cm³/mol. The number of likely N-dealkylation sites (N-methyl/N-ethyl adjacent to an activating group) is 1. The minimum atomic E-state index is -3.10. The fourth-order valence-corrected chi connectivity index (χ4v) is 7.01. The van der Waals surface area contributed by atoms with Crippen LogP contribution in [0.2, 0.25) is 5.02 Å². The largest absolute Gasteiger partial charge is 0.462 e. The van der Waals surface area contributed by atoms with Gasteiger partial charge in [0.05, 0.1) is 35.8 Å². The van der Waals surface area contributed by atoms with E-state index >= 15 is 0 Å². The van der Waals surface area contributed by atoms with E-state index in [4.69, 9.17) is 26.3 Å². The SMILES string of the molecule is CN1CCCC1COc1nc2c(c(N3CCN(C(=O)/C(F)=C\C(F)F)C(CC#N)C3)n1)CCN(c1cccc3cccc(Cl)c13)C2. The molecule has 3 aliphatic rings. The van der Waals surface area contributed by atoms with Gasteiger partial charge < -0.3 is 24.3 Å². The van der Waals surface area contributed by atoms with Gasteiger partial charge in [0.25, 0.3) is 12.3 Å². The monoisotopic (exact) mass is 653 g/mol. The lowest BCUT2D eigenvalue weighted by Gasteiger charge is -2.42. The van der Waals surface area contributed by atoms with E-state index in [1.165, 1.54) is 4.90 Å². The number of amides is 1. The van der Waals surface area contributed by atoms with Crippen LogP contribution >= 0.6 is 11.6 Å². The highest BCUT2D eigenvalue weighted by molar-refractivity contribution is 6.36. The van der Waals surface area contributed by atoms with Crippen molar-refractivity contribution < 1.29 is 22.7 Å². The number of halogens is 4. The van der Waals surface area contributed by atoms with E-state index < -0.39 is 24.2 Å². The predicted octanol–water partition coefficient (Wildman–Crippen LogP) is 5.37. The molecule has 3 aliphatic heterocycles. The molecule has 6 rings (SSSR count). The highest BCUT2D eigenvalue weighted by atomic mass is 35.5. The molecule has 0 saturated carbocycles. The van der Waals surface area contributed by atoms with Crippen LogP contribution in [-0.4, -0.2) is 90.6 Å². The summed E-state index contributed by atoms with van der Waals surface area (Å²) < 4.78 is 46.1. The Labute approximate surface area is 270 Å². The molecule has 46 heavy (non-hydrogen) atoms. The molecule has 2 aromatic carbocycles. The van der Waals surface area contributed by atoms with Gasteiger partial charge in [0.2, 0.25) is 0 Å². The Morgan fingerprint density at radius 3 is 2.67 bits per heavy atom. The maximum absolute atomic E-state index is 14.3. The average Bonchev–Trinajstić information content (AvgIpc) is 3.46. The Hall–Kier alpha value is -4.08. The number of allylic oxidation sites excluding steroid dienone is 1. The average molecular weight is 654 g/mol.